The van der Waals surface area contributed by atoms with Gasteiger partial charge in [0.2, 0.25) is 0 Å². The maximum Gasteiger partial charge on any atom is 0.338 e. The topological polar surface area (TPSA) is 107 Å². The molecule has 0 saturated heterocycles. The zero-order valence-corrected chi connectivity index (χ0v) is 17.2. The van der Waals surface area contributed by atoms with E-state index in [1.807, 2.05) is 0 Å². The summed E-state index contributed by atoms with van der Waals surface area (Å²) in [7, 11) is -2.31. The minimum Gasteiger partial charge on any atom is -0.497 e. The number of hydrazone groups is 1. The number of nitrogens with one attached hydrogen (secondary N) is 1. The van der Waals surface area contributed by atoms with Crippen molar-refractivity contribution in [2.24, 2.45) is 5.10 Å². The lowest BCUT2D eigenvalue weighted by Gasteiger charge is -2.04. The van der Waals surface area contributed by atoms with Gasteiger partial charge in [0, 0.05) is 5.56 Å². The lowest BCUT2D eigenvalue weighted by atomic mass is 10.1. The second-order valence-electron chi connectivity index (χ2n) is 6.03. The SMILES string of the molecule is CCOC(=O)c1ccc(-c2ccc(/C=N/NS(=O)(=O)c3ccc(OC)cc3)o2)cc1. The summed E-state index contributed by atoms with van der Waals surface area (Å²) in [4.78, 5) is 13.9. The predicted molar refractivity (Wildman–Crippen MR) is 111 cm³/mol. The molecule has 0 atom stereocenters. The number of furan rings is 1. The van der Waals surface area contributed by atoms with Crippen LogP contribution in [0.4, 0.5) is 0 Å². The molecule has 0 spiro atoms. The Labute approximate surface area is 174 Å². The second kappa shape index (κ2) is 9.27. The first-order valence-electron chi connectivity index (χ1n) is 8.99. The smallest absolute Gasteiger partial charge is 0.338 e. The number of nitrogens with zero attached hydrogens (tertiary/aromatic N) is 1. The molecule has 1 heterocycles. The van der Waals surface area contributed by atoms with Gasteiger partial charge in [-0.1, -0.05) is 12.1 Å². The molecule has 8 nitrogen and oxygen atoms in total. The van der Waals surface area contributed by atoms with Gasteiger partial charge in [-0.15, -0.1) is 0 Å². The molecular formula is C21H20N2O6S. The molecule has 0 fully saturated rings. The van der Waals surface area contributed by atoms with Crippen LogP contribution in [0.2, 0.25) is 0 Å². The Hall–Kier alpha value is -3.59. The van der Waals surface area contributed by atoms with Crippen LogP contribution in [0, 0.1) is 0 Å². The zero-order chi connectivity index (χ0) is 21.6. The fraction of sp³-hybridized carbons (Fsp3) is 0.143. The van der Waals surface area contributed by atoms with Crippen molar-refractivity contribution in [2.75, 3.05) is 13.7 Å². The minimum atomic E-state index is -3.81. The average molecular weight is 428 g/mol. The first kappa shape index (κ1) is 21.1. The van der Waals surface area contributed by atoms with Gasteiger partial charge in [-0.3, -0.25) is 0 Å². The quantitative estimate of drug-likeness (QED) is 0.335. The zero-order valence-electron chi connectivity index (χ0n) is 16.4. The molecule has 30 heavy (non-hydrogen) atoms. The van der Waals surface area contributed by atoms with Crippen molar-refractivity contribution in [3.05, 3.63) is 72.0 Å². The van der Waals surface area contributed by atoms with Crippen LogP contribution in [0.15, 0.2) is 75.1 Å². The molecule has 0 saturated carbocycles. The first-order chi connectivity index (χ1) is 14.4. The lowest BCUT2D eigenvalue weighted by molar-refractivity contribution is 0.0526. The lowest BCUT2D eigenvalue weighted by Crippen LogP contribution is -2.18. The normalized spacial score (nSPS) is 11.4. The minimum absolute atomic E-state index is 0.0577. The summed E-state index contributed by atoms with van der Waals surface area (Å²) in [5, 5.41) is 3.75. The summed E-state index contributed by atoms with van der Waals surface area (Å²) >= 11 is 0. The molecule has 0 aliphatic rings. The summed E-state index contributed by atoms with van der Waals surface area (Å²) in [5.41, 5.74) is 1.20. The molecule has 1 aromatic heterocycles. The molecular weight excluding hydrogens is 408 g/mol. The van der Waals surface area contributed by atoms with Crippen molar-refractivity contribution >= 4 is 22.2 Å². The van der Waals surface area contributed by atoms with Gasteiger partial charge in [0.25, 0.3) is 10.0 Å². The number of carbonyl (C=O) groups excluding carboxylic acids is 1. The van der Waals surface area contributed by atoms with Crippen LogP contribution in [-0.2, 0) is 14.8 Å². The van der Waals surface area contributed by atoms with Crippen molar-refractivity contribution in [1.82, 2.24) is 4.83 Å². The van der Waals surface area contributed by atoms with E-state index in [9.17, 15) is 13.2 Å². The summed E-state index contributed by atoms with van der Waals surface area (Å²) in [6, 6.07) is 16.1. The third-order valence-electron chi connectivity index (χ3n) is 4.04. The number of benzene rings is 2. The number of ether oxygens (including phenoxy) is 2. The van der Waals surface area contributed by atoms with Crippen LogP contribution in [0.5, 0.6) is 5.75 Å². The van der Waals surface area contributed by atoms with Gasteiger partial charge in [0.05, 0.1) is 30.4 Å². The van der Waals surface area contributed by atoms with Gasteiger partial charge in [-0.25, -0.2) is 4.79 Å². The Morgan fingerprint density at radius 2 is 1.77 bits per heavy atom. The summed E-state index contributed by atoms with van der Waals surface area (Å²) in [6.07, 6.45) is 1.26. The van der Waals surface area contributed by atoms with E-state index in [1.54, 1.807) is 55.5 Å². The van der Waals surface area contributed by atoms with E-state index < -0.39 is 10.0 Å². The summed E-state index contributed by atoms with van der Waals surface area (Å²) < 4.78 is 40.1. The van der Waals surface area contributed by atoms with E-state index in [4.69, 9.17) is 13.9 Å². The van der Waals surface area contributed by atoms with Gasteiger partial charge < -0.3 is 13.9 Å². The molecule has 0 aliphatic carbocycles. The Kier molecular flexibility index (Phi) is 6.53. The number of sulfonamides is 1. The summed E-state index contributed by atoms with van der Waals surface area (Å²) in [5.74, 6) is 1.07. The van der Waals surface area contributed by atoms with Gasteiger partial charge >= 0.3 is 5.97 Å². The monoisotopic (exact) mass is 428 g/mol. The Morgan fingerprint density at radius 1 is 1.07 bits per heavy atom. The Bertz CT molecular complexity index is 1130. The number of methoxy groups -OCH3 is 1. The number of hydrogen-bond acceptors (Lipinski definition) is 7. The van der Waals surface area contributed by atoms with Crippen LogP contribution in [-0.4, -0.2) is 34.3 Å². The first-order valence-corrected chi connectivity index (χ1v) is 10.5. The molecule has 0 unspecified atom stereocenters. The van der Waals surface area contributed by atoms with Crippen LogP contribution in [0.3, 0.4) is 0 Å². The molecule has 0 bridgehead atoms. The van der Waals surface area contributed by atoms with Crippen LogP contribution in [0.1, 0.15) is 23.0 Å². The Balaban J connectivity index is 1.66. The predicted octanol–water partition coefficient (Wildman–Crippen LogP) is 3.44. The Morgan fingerprint density at radius 3 is 2.40 bits per heavy atom. The van der Waals surface area contributed by atoms with Gasteiger partial charge in [-0.2, -0.15) is 18.4 Å². The largest absolute Gasteiger partial charge is 0.497 e. The number of carbonyl (C=O) groups is 1. The molecule has 3 rings (SSSR count). The average Bonchev–Trinajstić information content (AvgIpc) is 3.23. The fourth-order valence-corrected chi connectivity index (χ4v) is 3.32. The molecule has 9 heteroatoms. The van der Waals surface area contributed by atoms with Crippen molar-refractivity contribution < 1.29 is 27.1 Å². The standard InChI is InChI=1S/C21H20N2O6S/c1-3-28-21(24)16-6-4-15(5-7-16)20-13-10-18(29-20)14-22-23-30(25,26)19-11-8-17(27-2)9-12-19/h4-14,23H,3H2,1-2H3/b22-14+. The molecule has 3 aromatic rings. The van der Waals surface area contributed by atoms with Crippen LogP contribution < -0.4 is 9.57 Å². The highest BCUT2D eigenvalue weighted by Gasteiger charge is 2.13. The molecule has 1 N–H and O–H groups in total. The maximum absolute atomic E-state index is 12.2. The number of esters is 1. The van der Waals surface area contributed by atoms with Crippen molar-refractivity contribution in [3.8, 4) is 17.1 Å². The second-order valence-corrected chi connectivity index (χ2v) is 7.69. The maximum atomic E-state index is 12.2. The molecule has 0 radical (unpaired) electrons. The van der Waals surface area contributed by atoms with Gasteiger partial charge in [-0.05, 0) is 55.5 Å². The highest BCUT2D eigenvalue weighted by Crippen LogP contribution is 2.22. The number of hydrogen-bond donors (Lipinski definition) is 1. The van der Waals surface area contributed by atoms with Crippen molar-refractivity contribution in [2.45, 2.75) is 11.8 Å². The van der Waals surface area contributed by atoms with Crippen molar-refractivity contribution in [3.63, 3.8) is 0 Å². The van der Waals surface area contributed by atoms with Crippen LogP contribution >= 0.6 is 0 Å². The van der Waals surface area contributed by atoms with E-state index in [0.29, 0.717) is 29.4 Å². The third-order valence-corrected chi connectivity index (χ3v) is 5.28. The van der Waals surface area contributed by atoms with E-state index in [-0.39, 0.29) is 10.9 Å². The van der Waals surface area contributed by atoms with Gasteiger partial charge in [0.1, 0.15) is 17.3 Å². The fourth-order valence-electron chi connectivity index (χ4n) is 2.53. The molecule has 0 aliphatic heterocycles. The van der Waals surface area contributed by atoms with Crippen molar-refractivity contribution in [1.29, 1.82) is 0 Å². The van der Waals surface area contributed by atoms with E-state index in [1.165, 1.54) is 25.5 Å². The number of rotatable bonds is 8. The van der Waals surface area contributed by atoms with Crippen LogP contribution in [0.25, 0.3) is 11.3 Å². The molecule has 0 amide bonds. The molecule has 2 aromatic carbocycles. The van der Waals surface area contributed by atoms with E-state index in [2.05, 4.69) is 9.93 Å². The highest BCUT2D eigenvalue weighted by molar-refractivity contribution is 7.89. The van der Waals surface area contributed by atoms with E-state index in [0.717, 1.165) is 5.56 Å². The third kappa shape index (κ3) is 5.06. The van der Waals surface area contributed by atoms with Gasteiger partial charge in [0.15, 0.2) is 0 Å². The summed E-state index contributed by atoms with van der Waals surface area (Å²) in [6.45, 7) is 2.05. The highest BCUT2D eigenvalue weighted by atomic mass is 32.2. The van der Waals surface area contributed by atoms with E-state index >= 15 is 0 Å². The molecule has 156 valence electrons.